The molecular formula is C4H12NO3P. The second kappa shape index (κ2) is 6.39. The summed E-state index contributed by atoms with van der Waals surface area (Å²) in [4.78, 5) is 8.42. The van der Waals surface area contributed by atoms with Gasteiger partial charge in [0.15, 0.2) is 0 Å². The SMILES string of the molecule is CCOCCOP(N)O. The molecule has 0 aliphatic heterocycles. The van der Waals surface area contributed by atoms with Crippen molar-refractivity contribution in [1.82, 2.24) is 0 Å². The van der Waals surface area contributed by atoms with Gasteiger partial charge in [-0.25, -0.2) is 0 Å². The van der Waals surface area contributed by atoms with Gasteiger partial charge in [0.1, 0.15) is 0 Å². The van der Waals surface area contributed by atoms with Crippen LogP contribution in [0.2, 0.25) is 0 Å². The zero-order valence-electron chi connectivity index (χ0n) is 5.41. The average molecular weight is 153 g/mol. The molecule has 0 saturated carbocycles. The topological polar surface area (TPSA) is 64.7 Å². The predicted octanol–water partition coefficient (Wildman–Crippen LogP) is 0.217. The highest BCUT2D eigenvalue weighted by Crippen LogP contribution is 2.17. The molecule has 56 valence electrons. The van der Waals surface area contributed by atoms with Gasteiger partial charge in [-0.1, -0.05) is 0 Å². The smallest absolute Gasteiger partial charge is 0.250 e. The van der Waals surface area contributed by atoms with Gasteiger partial charge in [-0.2, -0.15) is 0 Å². The van der Waals surface area contributed by atoms with E-state index in [1.54, 1.807) is 0 Å². The first-order valence-corrected chi connectivity index (χ1v) is 4.00. The summed E-state index contributed by atoms with van der Waals surface area (Å²) in [6, 6.07) is 0. The molecule has 5 heteroatoms. The maximum atomic E-state index is 8.42. The Hall–Kier alpha value is 0.270. The molecule has 9 heavy (non-hydrogen) atoms. The van der Waals surface area contributed by atoms with Crippen LogP contribution in [-0.4, -0.2) is 24.7 Å². The van der Waals surface area contributed by atoms with Gasteiger partial charge in [0.2, 0.25) is 8.53 Å². The standard InChI is InChI=1S/C4H12NO3P/c1-2-7-3-4-8-9(5)6/h6H,2-5H2,1H3. The predicted molar refractivity (Wildman–Crippen MR) is 35.8 cm³/mol. The summed E-state index contributed by atoms with van der Waals surface area (Å²) >= 11 is 0. The number of hydrogen-bond acceptors (Lipinski definition) is 4. The molecule has 0 aromatic carbocycles. The van der Waals surface area contributed by atoms with Crippen LogP contribution in [0.15, 0.2) is 0 Å². The molecule has 0 fully saturated rings. The molecule has 0 aromatic rings. The average Bonchev–Trinajstić information content (AvgIpc) is 1.80. The van der Waals surface area contributed by atoms with Crippen molar-refractivity contribution in [2.24, 2.45) is 5.50 Å². The molecule has 0 aromatic heterocycles. The molecule has 0 aliphatic rings. The monoisotopic (exact) mass is 153 g/mol. The van der Waals surface area contributed by atoms with Gasteiger partial charge in [0, 0.05) is 6.61 Å². The molecule has 0 heterocycles. The molecule has 0 amide bonds. The quantitative estimate of drug-likeness (QED) is 0.438. The molecule has 0 saturated heterocycles. The van der Waals surface area contributed by atoms with E-state index in [1.165, 1.54) is 0 Å². The zero-order chi connectivity index (χ0) is 7.11. The highest BCUT2D eigenvalue weighted by molar-refractivity contribution is 7.43. The molecule has 0 radical (unpaired) electrons. The number of rotatable bonds is 5. The van der Waals surface area contributed by atoms with Crippen LogP contribution in [0.3, 0.4) is 0 Å². The van der Waals surface area contributed by atoms with Crippen LogP contribution in [-0.2, 0) is 9.26 Å². The van der Waals surface area contributed by atoms with E-state index in [4.69, 9.17) is 15.1 Å². The molecule has 1 unspecified atom stereocenters. The number of ether oxygens (including phenoxy) is 1. The van der Waals surface area contributed by atoms with Gasteiger partial charge in [-0.15, -0.1) is 0 Å². The zero-order valence-corrected chi connectivity index (χ0v) is 6.30. The Morgan fingerprint density at radius 1 is 1.56 bits per heavy atom. The lowest BCUT2D eigenvalue weighted by molar-refractivity contribution is 0.110. The van der Waals surface area contributed by atoms with Crippen molar-refractivity contribution in [2.45, 2.75) is 6.92 Å². The Morgan fingerprint density at radius 3 is 2.67 bits per heavy atom. The fourth-order valence-electron chi connectivity index (χ4n) is 0.334. The van der Waals surface area contributed by atoms with Gasteiger partial charge >= 0.3 is 0 Å². The van der Waals surface area contributed by atoms with Crippen molar-refractivity contribution < 1.29 is 14.2 Å². The van der Waals surface area contributed by atoms with Crippen molar-refractivity contribution in [2.75, 3.05) is 19.8 Å². The first kappa shape index (κ1) is 9.27. The maximum absolute atomic E-state index is 8.42. The van der Waals surface area contributed by atoms with Crippen molar-refractivity contribution >= 4 is 8.53 Å². The maximum Gasteiger partial charge on any atom is 0.250 e. The van der Waals surface area contributed by atoms with Crippen molar-refractivity contribution in [3.8, 4) is 0 Å². The minimum Gasteiger partial charge on any atom is -0.379 e. The summed E-state index contributed by atoms with van der Waals surface area (Å²) in [6.45, 7) is 3.42. The van der Waals surface area contributed by atoms with Crippen LogP contribution in [0, 0.1) is 0 Å². The molecule has 0 bridgehead atoms. The minimum atomic E-state index is -1.70. The van der Waals surface area contributed by atoms with E-state index in [9.17, 15) is 0 Å². The van der Waals surface area contributed by atoms with Crippen LogP contribution in [0.4, 0.5) is 0 Å². The Kier molecular flexibility index (Phi) is 6.58. The molecular weight excluding hydrogens is 141 g/mol. The third-order valence-corrected chi connectivity index (χ3v) is 1.10. The number of hydrogen-bond donors (Lipinski definition) is 2. The highest BCUT2D eigenvalue weighted by atomic mass is 31.2. The lowest BCUT2D eigenvalue weighted by Gasteiger charge is -2.03. The summed E-state index contributed by atoms with van der Waals surface area (Å²) in [7, 11) is -1.70. The Bertz CT molecular complexity index is 61.8. The van der Waals surface area contributed by atoms with E-state index in [-0.39, 0.29) is 0 Å². The number of nitrogens with two attached hydrogens (primary N) is 1. The lowest BCUT2D eigenvalue weighted by atomic mass is 10.8. The van der Waals surface area contributed by atoms with Gasteiger partial charge in [0.25, 0.3) is 0 Å². The highest BCUT2D eigenvalue weighted by Gasteiger charge is 1.93. The van der Waals surface area contributed by atoms with Crippen LogP contribution in [0.5, 0.6) is 0 Å². The van der Waals surface area contributed by atoms with Gasteiger partial charge in [-0.3, -0.25) is 5.50 Å². The van der Waals surface area contributed by atoms with E-state index >= 15 is 0 Å². The molecule has 3 N–H and O–H groups in total. The Morgan fingerprint density at radius 2 is 2.22 bits per heavy atom. The van der Waals surface area contributed by atoms with Crippen molar-refractivity contribution in [1.29, 1.82) is 0 Å². The minimum absolute atomic E-state index is 0.368. The molecule has 1 atom stereocenters. The van der Waals surface area contributed by atoms with Crippen LogP contribution < -0.4 is 5.50 Å². The third kappa shape index (κ3) is 8.27. The second-order valence-electron chi connectivity index (χ2n) is 1.33. The summed E-state index contributed by atoms with van der Waals surface area (Å²) in [5.74, 6) is 0. The van der Waals surface area contributed by atoms with E-state index in [1.807, 2.05) is 6.92 Å². The van der Waals surface area contributed by atoms with E-state index in [0.717, 1.165) is 0 Å². The van der Waals surface area contributed by atoms with Gasteiger partial charge < -0.3 is 14.2 Å². The lowest BCUT2D eigenvalue weighted by Crippen LogP contribution is -2.03. The van der Waals surface area contributed by atoms with E-state index in [2.05, 4.69) is 4.52 Å². The molecule has 0 spiro atoms. The van der Waals surface area contributed by atoms with Crippen LogP contribution in [0.25, 0.3) is 0 Å². The Labute approximate surface area is 55.9 Å². The van der Waals surface area contributed by atoms with Crippen LogP contribution >= 0.6 is 8.53 Å². The molecule has 4 nitrogen and oxygen atoms in total. The second-order valence-corrected chi connectivity index (χ2v) is 2.20. The third-order valence-electron chi connectivity index (χ3n) is 0.655. The first-order valence-electron chi connectivity index (χ1n) is 2.71. The summed E-state index contributed by atoms with van der Waals surface area (Å²) < 4.78 is 9.52. The summed E-state index contributed by atoms with van der Waals surface area (Å²) in [5, 5.41) is 0. The van der Waals surface area contributed by atoms with Gasteiger partial charge in [-0.05, 0) is 6.92 Å². The largest absolute Gasteiger partial charge is 0.379 e. The van der Waals surface area contributed by atoms with Gasteiger partial charge in [0.05, 0.1) is 13.2 Å². The summed E-state index contributed by atoms with van der Waals surface area (Å²) in [5.41, 5.74) is 4.92. The summed E-state index contributed by atoms with van der Waals surface area (Å²) in [6.07, 6.45) is 0. The fourth-order valence-corrected chi connectivity index (χ4v) is 0.596. The van der Waals surface area contributed by atoms with E-state index < -0.39 is 8.53 Å². The molecule has 0 rings (SSSR count). The van der Waals surface area contributed by atoms with Crippen LogP contribution in [0.1, 0.15) is 6.92 Å². The van der Waals surface area contributed by atoms with E-state index in [0.29, 0.717) is 19.8 Å². The Balaban J connectivity index is 2.75. The molecule has 0 aliphatic carbocycles. The first-order chi connectivity index (χ1) is 4.27. The normalized spacial score (nSPS) is 13.7. The van der Waals surface area contributed by atoms with Crippen molar-refractivity contribution in [3.05, 3.63) is 0 Å². The fraction of sp³-hybridized carbons (Fsp3) is 1.00. The van der Waals surface area contributed by atoms with Crippen molar-refractivity contribution in [3.63, 3.8) is 0 Å².